The van der Waals surface area contributed by atoms with Gasteiger partial charge in [0.25, 0.3) is 16.6 Å². The molecule has 0 aliphatic heterocycles. The van der Waals surface area contributed by atoms with Crippen LogP contribution in [-0.4, -0.2) is 111 Å². The number of methoxy groups -OCH3 is 4. The van der Waals surface area contributed by atoms with Gasteiger partial charge in [-0.2, -0.15) is 0 Å². The van der Waals surface area contributed by atoms with Crippen LogP contribution in [0.3, 0.4) is 0 Å². The summed E-state index contributed by atoms with van der Waals surface area (Å²) < 4.78 is 37.5. The van der Waals surface area contributed by atoms with E-state index >= 15 is 0 Å². The summed E-state index contributed by atoms with van der Waals surface area (Å²) in [7, 11) is 5.60. The molecule has 86 heavy (non-hydrogen) atoms. The SMILES string of the molecule is COc1c(Cl)ccc(Cl)c1C(=O)Cl.COc1c(Cl)ccc(Cl)c1C(=O)OCCI.COc1c(Cl)ccc(Cl)c1C(=O)OCCI.COc1c(Cl)ccc(Cl)c1C(=O)OCCc1ccccc1[N+](=O)[O-].Cl.O=[N+]([O-])c1ccccc1CO.OCCI.[H-].[Na+]. The van der Waals surface area contributed by atoms with Gasteiger partial charge in [0.1, 0.15) is 29.9 Å². The third-order valence-corrected chi connectivity index (χ3v) is 13.7. The quantitative estimate of drug-likeness (QED) is 0.0112. The van der Waals surface area contributed by atoms with Gasteiger partial charge in [-0.25, -0.2) is 14.4 Å². The van der Waals surface area contributed by atoms with Gasteiger partial charge in [-0.05, 0) is 66.2 Å². The third-order valence-electron chi connectivity index (χ3n) is 9.72. The van der Waals surface area contributed by atoms with Gasteiger partial charge in [-0.15, -0.1) is 12.4 Å². The topological polar surface area (TPSA) is 260 Å². The molecule has 0 spiro atoms. The summed E-state index contributed by atoms with van der Waals surface area (Å²) >= 11 is 58.7. The molecule has 6 aromatic rings. The maximum Gasteiger partial charge on any atom is 1.00 e. The van der Waals surface area contributed by atoms with E-state index in [-0.39, 0.29) is 145 Å². The van der Waals surface area contributed by atoms with Gasteiger partial charge in [0.05, 0.1) is 109 Å². The molecule has 0 amide bonds. The Balaban J connectivity index is -0.00000101. The normalized spacial score (nSPS) is 9.65. The second kappa shape index (κ2) is 47.3. The van der Waals surface area contributed by atoms with E-state index in [2.05, 4.69) is 67.8 Å². The van der Waals surface area contributed by atoms with Gasteiger partial charge in [0.2, 0.25) is 0 Å². The van der Waals surface area contributed by atoms with E-state index in [4.69, 9.17) is 148 Å². The Morgan fingerprint density at radius 1 is 0.465 bits per heavy atom. The van der Waals surface area contributed by atoms with E-state index in [1.165, 1.54) is 83.0 Å². The molecule has 0 fully saturated rings. The summed E-state index contributed by atoms with van der Waals surface area (Å²) in [5.41, 5.74) is 1.22. The standard InChI is InChI=1S/C16H13Cl2NO5.2C10H9Cl2IO3.C8H5Cl3O2.C7H7NO3.C2H5IO.ClH.Na.H/c1-23-15-12(18)7-6-11(17)14(15)16(20)24-9-8-10-4-2-3-5-13(10)19(21)22;2*1-15-9-7(12)3-2-6(11)8(9)10(14)16-5-4-13;1-13-7-5(10)3-2-4(9)6(7)8(11)12;9-5-6-3-1-2-4-7(6)8(10)11;3-1-2-4;;;/h2-7H,8-9H2,1H3;2*2-3H,4-5H2,1H3;2-3H,1H3;1-4,9H,5H2;4H,1-2H2;1H;;/q;;;;;;;+1;-1. The van der Waals surface area contributed by atoms with Crippen LogP contribution in [0.4, 0.5) is 11.4 Å². The fourth-order valence-electron chi connectivity index (χ4n) is 6.14. The van der Waals surface area contributed by atoms with Crippen molar-refractivity contribution in [2.24, 2.45) is 0 Å². The summed E-state index contributed by atoms with van der Waals surface area (Å²) in [6.45, 7) is 0.615. The molecular formula is C53H50Cl10I3N2NaO17. The first-order valence-corrected chi connectivity index (χ1v) is 31.0. The summed E-state index contributed by atoms with van der Waals surface area (Å²) in [6, 6.07) is 24.6. The first-order valence-electron chi connectivity index (χ1n) is 23.1. The Labute approximate surface area is 610 Å². The van der Waals surface area contributed by atoms with Gasteiger partial charge in [-0.1, -0.05) is 191 Å². The molecule has 0 aliphatic rings. The van der Waals surface area contributed by atoms with E-state index in [0.717, 1.165) is 4.43 Å². The minimum Gasteiger partial charge on any atom is -1.00 e. The number of nitrogens with zero attached hydrogens (tertiary/aromatic N) is 2. The maximum absolute atomic E-state index is 12.2. The molecule has 6 aromatic carbocycles. The van der Waals surface area contributed by atoms with Crippen molar-refractivity contribution in [1.29, 1.82) is 0 Å². The molecular weight excluding hydrogens is 1690 g/mol. The van der Waals surface area contributed by atoms with E-state index < -0.39 is 33.0 Å². The Morgan fingerprint density at radius 3 is 0.988 bits per heavy atom. The van der Waals surface area contributed by atoms with Crippen molar-refractivity contribution in [1.82, 2.24) is 0 Å². The van der Waals surface area contributed by atoms with Gasteiger partial charge >= 0.3 is 47.5 Å². The fourth-order valence-corrected chi connectivity index (χ4v) is 8.67. The largest absolute Gasteiger partial charge is 1.00 e. The average molecular weight is 1750 g/mol. The number of aliphatic hydroxyl groups excluding tert-OH is 2. The summed E-state index contributed by atoms with van der Waals surface area (Å²) in [4.78, 5) is 66.8. The number of halogens is 13. The summed E-state index contributed by atoms with van der Waals surface area (Å²) in [5.74, 6) is -0.950. The van der Waals surface area contributed by atoms with Crippen LogP contribution in [0.25, 0.3) is 0 Å². The number of esters is 3. The Bertz CT molecular complexity index is 3110. The van der Waals surface area contributed by atoms with E-state index in [1.807, 2.05) is 0 Å². The van der Waals surface area contributed by atoms with Crippen LogP contribution < -0.4 is 48.5 Å². The van der Waals surface area contributed by atoms with Crippen LogP contribution in [0.15, 0.2) is 97.1 Å². The van der Waals surface area contributed by atoms with Crippen molar-refractivity contribution in [3.8, 4) is 23.0 Å². The minimum absolute atomic E-state index is 0. The fraction of sp³-hybridized carbons (Fsp3) is 0.245. The van der Waals surface area contributed by atoms with Crippen LogP contribution in [0.5, 0.6) is 23.0 Å². The summed E-state index contributed by atoms with van der Waals surface area (Å²) in [6.07, 6.45) is 0.198. The number of nitro groups is 2. The Hall–Kier alpha value is -2.59. The number of carbonyl (C=O) groups excluding carboxylic acids is 4. The van der Waals surface area contributed by atoms with Gasteiger partial charge < -0.3 is 44.8 Å². The Kier molecular flexibility index (Phi) is 47.1. The minimum atomic E-state index is -0.710. The van der Waals surface area contributed by atoms with Crippen molar-refractivity contribution in [3.05, 3.63) is 191 Å². The molecule has 0 saturated carbocycles. The van der Waals surface area contributed by atoms with E-state index in [1.54, 1.807) is 42.5 Å². The second-order valence-electron chi connectivity index (χ2n) is 14.9. The van der Waals surface area contributed by atoms with Crippen LogP contribution in [-0.2, 0) is 27.2 Å². The molecule has 466 valence electrons. The van der Waals surface area contributed by atoms with Gasteiger partial charge in [-0.3, -0.25) is 25.0 Å². The second-order valence-corrected chi connectivity index (χ2v) is 21.7. The molecule has 0 radical (unpaired) electrons. The molecule has 0 atom stereocenters. The molecule has 0 bridgehead atoms. The van der Waals surface area contributed by atoms with Gasteiger partial charge in [0.15, 0.2) is 23.0 Å². The van der Waals surface area contributed by atoms with Crippen molar-refractivity contribution in [3.63, 3.8) is 0 Å². The molecule has 0 aliphatic carbocycles. The number of benzene rings is 6. The predicted molar refractivity (Wildman–Crippen MR) is 361 cm³/mol. The number of hydrogen-bond acceptors (Lipinski definition) is 17. The van der Waals surface area contributed by atoms with Crippen molar-refractivity contribution >= 4 is 219 Å². The number of hydrogen-bond donors (Lipinski definition) is 2. The van der Waals surface area contributed by atoms with Crippen molar-refractivity contribution < 1.29 is 103 Å². The van der Waals surface area contributed by atoms with Gasteiger partial charge in [0, 0.05) is 37.4 Å². The molecule has 0 aromatic heterocycles. The zero-order valence-electron chi connectivity index (χ0n) is 46.5. The monoisotopic (exact) mass is 1740 g/mol. The number of carbonyl (C=O) groups is 4. The number of ether oxygens (including phenoxy) is 7. The predicted octanol–water partition coefficient (Wildman–Crippen LogP) is 13.9. The number of nitro benzene ring substituents is 2. The molecule has 0 unspecified atom stereocenters. The smallest absolute Gasteiger partial charge is 1.00 e. The molecule has 0 saturated heterocycles. The molecule has 33 heteroatoms. The van der Waals surface area contributed by atoms with Crippen LogP contribution >= 0.6 is 185 Å². The average Bonchev–Trinajstić information content (AvgIpc) is 3.56. The molecule has 19 nitrogen and oxygen atoms in total. The Morgan fingerprint density at radius 2 is 0.733 bits per heavy atom. The van der Waals surface area contributed by atoms with E-state index in [0.29, 0.717) is 54.9 Å². The molecule has 0 heterocycles. The first-order chi connectivity index (χ1) is 39.9. The number of para-hydroxylation sites is 2. The number of alkyl halides is 3. The molecule has 6 rings (SSSR count). The maximum atomic E-state index is 12.2. The number of rotatable bonds is 19. The zero-order chi connectivity index (χ0) is 63.6. The number of aliphatic hydroxyl groups is 2. The van der Waals surface area contributed by atoms with Crippen LogP contribution in [0, 0.1) is 20.2 Å². The van der Waals surface area contributed by atoms with Crippen LogP contribution in [0.2, 0.25) is 40.2 Å². The van der Waals surface area contributed by atoms with Crippen molar-refractivity contribution in [2.75, 3.05) is 68.1 Å². The zero-order valence-corrected chi connectivity index (χ0v) is 61.6. The third kappa shape index (κ3) is 28.3. The van der Waals surface area contributed by atoms with Crippen molar-refractivity contribution in [2.45, 2.75) is 13.0 Å². The summed E-state index contributed by atoms with van der Waals surface area (Å²) in [5, 5.41) is 39.2. The first kappa shape index (κ1) is 85.5. The van der Waals surface area contributed by atoms with Crippen LogP contribution in [0.1, 0.15) is 54.0 Å². The molecule has 2 N–H and O–H groups in total. The van der Waals surface area contributed by atoms with E-state index in [9.17, 15) is 39.4 Å².